The van der Waals surface area contributed by atoms with Crippen molar-refractivity contribution in [3.8, 4) is 11.3 Å². The zero-order valence-corrected chi connectivity index (χ0v) is 10.9. The van der Waals surface area contributed by atoms with Crippen LogP contribution in [0.1, 0.15) is 6.92 Å². The lowest BCUT2D eigenvalue weighted by molar-refractivity contribution is 0.336. The molecular formula is C13H19N5. The van der Waals surface area contributed by atoms with Gasteiger partial charge < -0.3 is 15.2 Å². The normalized spacial score (nSPS) is 11.1. The second-order valence-electron chi connectivity index (χ2n) is 4.34. The molecule has 0 aliphatic rings. The monoisotopic (exact) mass is 245 g/mol. The van der Waals surface area contributed by atoms with Crippen molar-refractivity contribution in [3.63, 3.8) is 0 Å². The molecule has 5 nitrogen and oxygen atoms in total. The fourth-order valence-electron chi connectivity index (χ4n) is 1.78. The SMILES string of the molecule is CCN(C)CCn1cncc1-c1ccnc(N)c1. The lowest BCUT2D eigenvalue weighted by Gasteiger charge is -2.15. The summed E-state index contributed by atoms with van der Waals surface area (Å²) in [6, 6.07) is 3.82. The molecule has 0 fully saturated rings. The first kappa shape index (κ1) is 12.6. The molecule has 0 atom stereocenters. The van der Waals surface area contributed by atoms with E-state index in [1.54, 1.807) is 6.20 Å². The summed E-state index contributed by atoms with van der Waals surface area (Å²) >= 11 is 0. The van der Waals surface area contributed by atoms with Gasteiger partial charge in [0.2, 0.25) is 0 Å². The van der Waals surface area contributed by atoms with Crippen LogP contribution < -0.4 is 5.73 Å². The Morgan fingerprint density at radius 1 is 1.44 bits per heavy atom. The molecule has 2 aromatic rings. The molecule has 0 aliphatic heterocycles. The molecule has 0 saturated carbocycles. The van der Waals surface area contributed by atoms with E-state index in [0.29, 0.717) is 5.82 Å². The summed E-state index contributed by atoms with van der Waals surface area (Å²) in [7, 11) is 2.11. The predicted octanol–water partition coefficient (Wildman–Crippen LogP) is 1.48. The summed E-state index contributed by atoms with van der Waals surface area (Å²) < 4.78 is 2.14. The van der Waals surface area contributed by atoms with E-state index in [1.165, 1.54) is 0 Å². The van der Waals surface area contributed by atoms with Crippen LogP contribution in [0.2, 0.25) is 0 Å². The highest BCUT2D eigenvalue weighted by Gasteiger charge is 2.06. The lowest BCUT2D eigenvalue weighted by Crippen LogP contribution is -2.22. The third-order valence-corrected chi connectivity index (χ3v) is 3.05. The minimum Gasteiger partial charge on any atom is -0.384 e. The molecule has 0 amide bonds. The van der Waals surface area contributed by atoms with E-state index in [2.05, 4.69) is 33.4 Å². The van der Waals surface area contributed by atoms with Crippen LogP contribution in [0.3, 0.4) is 0 Å². The van der Waals surface area contributed by atoms with Crippen molar-refractivity contribution in [2.24, 2.45) is 0 Å². The fraction of sp³-hybridized carbons (Fsp3) is 0.385. The summed E-state index contributed by atoms with van der Waals surface area (Å²) in [5.74, 6) is 0.533. The van der Waals surface area contributed by atoms with E-state index in [1.807, 2.05) is 24.7 Å². The van der Waals surface area contributed by atoms with Gasteiger partial charge in [-0.05, 0) is 25.7 Å². The van der Waals surface area contributed by atoms with Gasteiger partial charge in [-0.2, -0.15) is 0 Å². The Balaban J connectivity index is 2.17. The maximum absolute atomic E-state index is 5.71. The molecule has 2 rings (SSSR count). The molecule has 0 unspecified atom stereocenters. The smallest absolute Gasteiger partial charge is 0.123 e. The van der Waals surface area contributed by atoms with E-state index in [-0.39, 0.29) is 0 Å². The maximum atomic E-state index is 5.71. The van der Waals surface area contributed by atoms with Gasteiger partial charge in [-0.1, -0.05) is 6.92 Å². The van der Waals surface area contributed by atoms with Crippen molar-refractivity contribution in [3.05, 3.63) is 30.9 Å². The Hall–Kier alpha value is -1.88. The molecule has 0 radical (unpaired) electrons. The van der Waals surface area contributed by atoms with E-state index in [0.717, 1.165) is 30.9 Å². The minimum atomic E-state index is 0.533. The van der Waals surface area contributed by atoms with Crippen molar-refractivity contribution in [2.45, 2.75) is 13.5 Å². The first-order chi connectivity index (χ1) is 8.70. The molecule has 0 bridgehead atoms. The van der Waals surface area contributed by atoms with E-state index < -0.39 is 0 Å². The minimum absolute atomic E-state index is 0.533. The Kier molecular flexibility index (Phi) is 3.94. The molecule has 0 spiro atoms. The Bertz CT molecular complexity index is 506. The second kappa shape index (κ2) is 5.64. The highest BCUT2D eigenvalue weighted by atomic mass is 15.1. The Labute approximate surface area is 107 Å². The molecule has 0 aliphatic carbocycles. The van der Waals surface area contributed by atoms with Gasteiger partial charge in [0.1, 0.15) is 5.82 Å². The third-order valence-electron chi connectivity index (χ3n) is 3.05. The number of nitrogens with two attached hydrogens (primary N) is 1. The number of anilines is 1. The number of imidazole rings is 1. The molecule has 0 saturated heterocycles. The molecular weight excluding hydrogens is 226 g/mol. The van der Waals surface area contributed by atoms with Crippen LogP contribution in [-0.4, -0.2) is 39.6 Å². The van der Waals surface area contributed by atoms with Crippen LogP contribution in [0.5, 0.6) is 0 Å². The molecule has 18 heavy (non-hydrogen) atoms. The molecule has 2 heterocycles. The third kappa shape index (κ3) is 2.87. The molecule has 0 aromatic carbocycles. The highest BCUT2D eigenvalue weighted by molar-refractivity contribution is 5.61. The molecule has 2 N–H and O–H groups in total. The Morgan fingerprint density at radius 3 is 3.00 bits per heavy atom. The van der Waals surface area contributed by atoms with Gasteiger partial charge in [0, 0.05) is 24.8 Å². The highest BCUT2D eigenvalue weighted by Crippen LogP contribution is 2.19. The van der Waals surface area contributed by atoms with Gasteiger partial charge in [-0.15, -0.1) is 0 Å². The first-order valence-corrected chi connectivity index (χ1v) is 6.11. The number of rotatable bonds is 5. The number of pyridine rings is 1. The Morgan fingerprint density at radius 2 is 2.28 bits per heavy atom. The quantitative estimate of drug-likeness (QED) is 0.866. The average molecular weight is 245 g/mol. The van der Waals surface area contributed by atoms with Gasteiger partial charge in [0.25, 0.3) is 0 Å². The van der Waals surface area contributed by atoms with Gasteiger partial charge >= 0.3 is 0 Å². The van der Waals surface area contributed by atoms with Crippen LogP contribution in [0, 0.1) is 0 Å². The van der Waals surface area contributed by atoms with Crippen molar-refractivity contribution in [1.82, 2.24) is 19.4 Å². The number of nitrogens with zero attached hydrogens (tertiary/aromatic N) is 4. The lowest BCUT2D eigenvalue weighted by atomic mass is 10.2. The van der Waals surface area contributed by atoms with Crippen molar-refractivity contribution in [2.75, 3.05) is 25.9 Å². The summed E-state index contributed by atoms with van der Waals surface area (Å²) in [5, 5.41) is 0. The van der Waals surface area contributed by atoms with Crippen molar-refractivity contribution in [1.29, 1.82) is 0 Å². The topological polar surface area (TPSA) is 60.0 Å². The molecule has 5 heteroatoms. The van der Waals surface area contributed by atoms with Crippen LogP contribution >= 0.6 is 0 Å². The summed E-state index contributed by atoms with van der Waals surface area (Å²) in [6.45, 7) is 5.12. The summed E-state index contributed by atoms with van der Waals surface area (Å²) in [6.07, 6.45) is 5.44. The first-order valence-electron chi connectivity index (χ1n) is 6.11. The van der Waals surface area contributed by atoms with Crippen LogP contribution in [0.4, 0.5) is 5.82 Å². The fourth-order valence-corrected chi connectivity index (χ4v) is 1.78. The summed E-state index contributed by atoms with van der Waals surface area (Å²) in [4.78, 5) is 10.5. The van der Waals surface area contributed by atoms with Crippen molar-refractivity contribution >= 4 is 5.82 Å². The van der Waals surface area contributed by atoms with Gasteiger partial charge in [-0.3, -0.25) is 0 Å². The van der Waals surface area contributed by atoms with Crippen LogP contribution in [0.25, 0.3) is 11.3 Å². The largest absolute Gasteiger partial charge is 0.384 e. The average Bonchev–Trinajstić information content (AvgIpc) is 2.84. The van der Waals surface area contributed by atoms with Crippen LogP contribution in [0.15, 0.2) is 30.9 Å². The standard InChI is InChI=1S/C13H19N5/c1-3-17(2)6-7-18-10-15-9-12(18)11-4-5-16-13(14)8-11/h4-5,8-10H,3,6-7H2,1-2H3,(H2,14,16). The van der Waals surface area contributed by atoms with E-state index >= 15 is 0 Å². The number of hydrogen-bond acceptors (Lipinski definition) is 4. The number of aromatic nitrogens is 3. The number of nitrogen functional groups attached to an aromatic ring is 1. The van der Waals surface area contributed by atoms with Gasteiger partial charge in [0.15, 0.2) is 0 Å². The maximum Gasteiger partial charge on any atom is 0.123 e. The predicted molar refractivity (Wildman–Crippen MR) is 73.0 cm³/mol. The summed E-state index contributed by atoms with van der Waals surface area (Å²) in [5.41, 5.74) is 7.84. The second-order valence-corrected chi connectivity index (χ2v) is 4.34. The van der Waals surface area contributed by atoms with Gasteiger partial charge in [-0.25, -0.2) is 9.97 Å². The van der Waals surface area contributed by atoms with Crippen LogP contribution in [-0.2, 0) is 6.54 Å². The van der Waals surface area contributed by atoms with Gasteiger partial charge in [0.05, 0.1) is 18.2 Å². The molecule has 96 valence electrons. The van der Waals surface area contributed by atoms with E-state index in [4.69, 9.17) is 5.73 Å². The number of likely N-dealkylation sites (N-methyl/N-ethyl adjacent to an activating group) is 1. The van der Waals surface area contributed by atoms with E-state index in [9.17, 15) is 0 Å². The van der Waals surface area contributed by atoms with Crippen molar-refractivity contribution < 1.29 is 0 Å². The zero-order chi connectivity index (χ0) is 13.0. The zero-order valence-electron chi connectivity index (χ0n) is 10.9. The number of hydrogen-bond donors (Lipinski definition) is 1. The molecule has 2 aromatic heterocycles.